The smallest absolute Gasteiger partial charge is 0.223 e. The molecular formula is C13H20N2OS. The predicted octanol–water partition coefficient (Wildman–Crippen LogP) is 2.46. The van der Waals surface area contributed by atoms with Crippen LogP contribution in [-0.4, -0.2) is 23.4 Å². The molecule has 17 heavy (non-hydrogen) atoms. The molecule has 1 aliphatic heterocycles. The highest BCUT2D eigenvalue weighted by Gasteiger charge is 2.32. The van der Waals surface area contributed by atoms with Gasteiger partial charge in [0.15, 0.2) is 0 Å². The number of nitrogens with zero attached hydrogens (tertiary/aromatic N) is 1. The molecule has 0 saturated carbocycles. The van der Waals surface area contributed by atoms with Gasteiger partial charge in [-0.1, -0.05) is 0 Å². The summed E-state index contributed by atoms with van der Waals surface area (Å²) in [6.07, 6.45) is 2.49. The molecule has 2 heterocycles. The van der Waals surface area contributed by atoms with E-state index in [0.29, 0.717) is 6.42 Å². The summed E-state index contributed by atoms with van der Waals surface area (Å²) in [6, 6.07) is 4.37. The van der Waals surface area contributed by atoms with Crippen molar-refractivity contribution in [3.63, 3.8) is 0 Å². The molecule has 1 fully saturated rings. The average Bonchev–Trinajstić information content (AvgIpc) is 2.65. The molecule has 2 atom stereocenters. The first kappa shape index (κ1) is 12.6. The Labute approximate surface area is 107 Å². The Hall–Kier alpha value is -0.870. The van der Waals surface area contributed by atoms with Crippen molar-refractivity contribution in [3.8, 4) is 0 Å². The zero-order chi connectivity index (χ0) is 12.4. The number of thiophene rings is 1. The van der Waals surface area contributed by atoms with Crippen LogP contribution in [0.15, 0.2) is 12.1 Å². The lowest BCUT2D eigenvalue weighted by atomic mass is 10.0. The minimum absolute atomic E-state index is 0.0689. The van der Waals surface area contributed by atoms with Gasteiger partial charge in [0.1, 0.15) is 0 Å². The van der Waals surface area contributed by atoms with E-state index < -0.39 is 0 Å². The van der Waals surface area contributed by atoms with Crippen molar-refractivity contribution in [1.29, 1.82) is 0 Å². The van der Waals surface area contributed by atoms with Gasteiger partial charge < -0.3 is 10.6 Å². The first-order valence-electron chi connectivity index (χ1n) is 6.25. The maximum atomic E-state index is 12.1. The Morgan fingerprint density at radius 2 is 2.29 bits per heavy atom. The fraction of sp³-hybridized carbons (Fsp3) is 0.615. The fourth-order valence-corrected chi connectivity index (χ4v) is 3.59. The van der Waals surface area contributed by atoms with E-state index in [-0.39, 0.29) is 18.0 Å². The van der Waals surface area contributed by atoms with E-state index in [0.717, 1.165) is 19.4 Å². The van der Waals surface area contributed by atoms with E-state index in [9.17, 15) is 4.79 Å². The predicted molar refractivity (Wildman–Crippen MR) is 71.0 cm³/mol. The third kappa shape index (κ3) is 2.53. The molecule has 1 amide bonds. The standard InChI is InChI=1S/C13H20N2OS/c1-3-15-12(16)6-4-5-10(14)13(15)11-8-7-9(2)17-11/h7-8,10,13H,3-6,14H2,1-2H3. The molecule has 0 bridgehead atoms. The van der Waals surface area contributed by atoms with Gasteiger partial charge in [0.25, 0.3) is 0 Å². The molecule has 1 aliphatic rings. The molecule has 1 saturated heterocycles. The van der Waals surface area contributed by atoms with Crippen LogP contribution in [0, 0.1) is 6.92 Å². The monoisotopic (exact) mass is 252 g/mol. The molecule has 2 N–H and O–H groups in total. The van der Waals surface area contributed by atoms with Crippen LogP contribution in [0.4, 0.5) is 0 Å². The fourth-order valence-electron chi connectivity index (χ4n) is 2.53. The minimum atomic E-state index is 0.0689. The number of carbonyl (C=O) groups is 1. The molecular weight excluding hydrogens is 232 g/mol. The van der Waals surface area contributed by atoms with Gasteiger partial charge in [-0.2, -0.15) is 0 Å². The van der Waals surface area contributed by atoms with Crippen LogP contribution in [0.2, 0.25) is 0 Å². The summed E-state index contributed by atoms with van der Waals surface area (Å²) in [5.41, 5.74) is 6.26. The van der Waals surface area contributed by atoms with Crippen molar-refractivity contribution < 1.29 is 4.79 Å². The molecule has 2 rings (SSSR count). The van der Waals surface area contributed by atoms with E-state index in [1.54, 1.807) is 11.3 Å². The molecule has 2 unspecified atom stereocenters. The maximum absolute atomic E-state index is 12.1. The molecule has 0 radical (unpaired) electrons. The lowest BCUT2D eigenvalue weighted by Gasteiger charge is -2.32. The first-order valence-corrected chi connectivity index (χ1v) is 7.06. The molecule has 1 aromatic rings. The molecule has 0 aliphatic carbocycles. The lowest BCUT2D eigenvalue weighted by molar-refractivity contribution is -0.132. The summed E-state index contributed by atoms with van der Waals surface area (Å²) in [4.78, 5) is 16.5. The summed E-state index contributed by atoms with van der Waals surface area (Å²) in [6.45, 7) is 4.87. The molecule has 3 nitrogen and oxygen atoms in total. The second-order valence-corrected chi connectivity index (χ2v) is 5.95. The van der Waals surface area contributed by atoms with Gasteiger partial charge in [0, 0.05) is 28.8 Å². The SMILES string of the molecule is CCN1C(=O)CCCC(N)C1c1ccc(C)s1. The third-order valence-electron chi connectivity index (χ3n) is 3.38. The Morgan fingerprint density at radius 3 is 2.88 bits per heavy atom. The highest BCUT2D eigenvalue weighted by molar-refractivity contribution is 7.12. The van der Waals surface area contributed by atoms with Gasteiger partial charge in [0.2, 0.25) is 5.91 Å². The van der Waals surface area contributed by atoms with Crippen molar-refractivity contribution in [1.82, 2.24) is 4.90 Å². The normalized spacial score (nSPS) is 26.1. The van der Waals surface area contributed by atoms with Crippen LogP contribution >= 0.6 is 11.3 Å². The Bertz CT molecular complexity index is 402. The van der Waals surface area contributed by atoms with Gasteiger partial charge in [-0.3, -0.25) is 4.79 Å². The van der Waals surface area contributed by atoms with Gasteiger partial charge in [-0.25, -0.2) is 0 Å². The van der Waals surface area contributed by atoms with Crippen LogP contribution < -0.4 is 5.73 Å². The first-order chi connectivity index (χ1) is 8.13. The second kappa shape index (κ2) is 5.19. The largest absolute Gasteiger partial charge is 0.334 e. The molecule has 1 aromatic heterocycles. The van der Waals surface area contributed by atoms with Crippen LogP contribution in [0.1, 0.15) is 42.0 Å². The number of hydrogen-bond acceptors (Lipinski definition) is 3. The highest BCUT2D eigenvalue weighted by atomic mass is 32.1. The van der Waals surface area contributed by atoms with E-state index in [2.05, 4.69) is 19.1 Å². The van der Waals surface area contributed by atoms with Crippen LogP contribution in [0.25, 0.3) is 0 Å². The molecule has 0 spiro atoms. The quantitative estimate of drug-likeness (QED) is 0.879. The Morgan fingerprint density at radius 1 is 1.53 bits per heavy atom. The number of aryl methyl sites for hydroxylation is 1. The van der Waals surface area contributed by atoms with Crippen LogP contribution in [-0.2, 0) is 4.79 Å². The number of carbonyl (C=O) groups excluding carboxylic acids is 1. The summed E-state index contributed by atoms with van der Waals surface area (Å²) in [7, 11) is 0. The number of rotatable bonds is 2. The maximum Gasteiger partial charge on any atom is 0.223 e. The number of likely N-dealkylation sites (tertiary alicyclic amines) is 1. The zero-order valence-corrected chi connectivity index (χ0v) is 11.3. The van der Waals surface area contributed by atoms with E-state index in [4.69, 9.17) is 5.73 Å². The Balaban J connectivity index is 2.34. The number of hydrogen-bond donors (Lipinski definition) is 1. The van der Waals surface area contributed by atoms with Crippen molar-refractivity contribution in [2.75, 3.05) is 6.54 Å². The summed E-state index contributed by atoms with van der Waals surface area (Å²) >= 11 is 1.75. The second-order valence-electron chi connectivity index (χ2n) is 4.63. The molecule has 4 heteroatoms. The Kier molecular flexibility index (Phi) is 3.84. The van der Waals surface area contributed by atoms with Crippen molar-refractivity contribution in [3.05, 3.63) is 21.9 Å². The zero-order valence-electron chi connectivity index (χ0n) is 10.5. The summed E-state index contributed by atoms with van der Waals surface area (Å²) in [5.74, 6) is 0.247. The molecule has 94 valence electrons. The van der Waals surface area contributed by atoms with E-state index >= 15 is 0 Å². The molecule has 0 aromatic carbocycles. The number of likely N-dealkylation sites (N-methyl/N-ethyl adjacent to an activating group) is 1. The van der Waals surface area contributed by atoms with Gasteiger partial charge >= 0.3 is 0 Å². The van der Waals surface area contributed by atoms with Crippen molar-refractivity contribution in [2.45, 2.75) is 45.2 Å². The number of amides is 1. The minimum Gasteiger partial charge on any atom is -0.334 e. The van der Waals surface area contributed by atoms with E-state index in [1.165, 1.54) is 9.75 Å². The highest BCUT2D eigenvalue weighted by Crippen LogP contribution is 2.33. The summed E-state index contributed by atoms with van der Waals surface area (Å²) < 4.78 is 0. The third-order valence-corrected chi connectivity index (χ3v) is 4.45. The van der Waals surface area contributed by atoms with Crippen LogP contribution in [0.5, 0.6) is 0 Å². The van der Waals surface area contributed by atoms with Gasteiger partial charge in [-0.15, -0.1) is 11.3 Å². The van der Waals surface area contributed by atoms with Gasteiger partial charge in [-0.05, 0) is 38.8 Å². The van der Waals surface area contributed by atoms with Crippen molar-refractivity contribution >= 4 is 17.2 Å². The summed E-state index contributed by atoms with van der Waals surface area (Å²) in [5, 5.41) is 0. The topological polar surface area (TPSA) is 46.3 Å². The van der Waals surface area contributed by atoms with E-state index in [1.807, 2.05) is 11.8 Å². The number of nitrogens with two attached hydrogens (primary N) is 1. The average molecular weight is 252 g/mol. The van der Waals surface area contributed by atoms with Crippen LogP contribution in [0.3, 0.4) is 0 Å². The van der Waals surface area contributed by atoms with Crippen molar-refractivity contribution in [2.24, 2.45) is 5.73 Å². The van der Waals surface area contributed by atoms with Gasteiger partial charge in [0.05, 0.1) is 6.04 Å². The lowest BCUT2D eigenvalue weighted by Crippen LogP contribution is -2.41.